The van der Waals surface area contributed by atoms with Gasteiger partial charge < -0.3 is 5.82 Å². The SMILES string of the molecule is CCCCC#C[B-](C(C)CC)(C(C)CC)C(C)CC.[Li+]. The van der Waals surface area contributed by atoms with E-state index in [1.54, 1.807) is 0 Å². The maximum atomic E-state index is 3.83. The van der Waals surface area contributed by atoms with Crippen molar-refractivity contribution in [2.24, 2.45) is 0 Å². The fourth-order valence-electron chi connectivity index (χ4n) is 3.79. The van der Waals surface area contributed by atoms with Crippen LogP contribution in [0.25, 0.3) is 0 Å². The van der Waals surface area contributed by atoms with Gasteiger partial charge in [-0.25, -0.2) is 0 Å². The molecule has 3 atom stereocenters. The standard InChI is InChI=1S/C18H36B.Li/c1-8-12-13-14-15-19(16(5)9-2,17(6)10-3)18(7)11-4;/h16-18H,8-13H2,1-7H3;/q-1;+1. The maximum Gasteiger partial charge on any atom is 1.00 e. The van der Waals surface area contributed by atoms with Crippen LogP contribution in [0.4, 0.5) is 0 Å². The normalized spacial score (nSPS) is 17.9. The van der Waals surface area contributed by atoms with Gasteiger partial charge in [-0.3, -0.25) is 0 Å². The largest absolute Gasteiger partial charge is 1.00 e. The van der Waals surface area contributed by atoms with Gasteiger partial charge in [0.05, 0.1) is 6.15 Å². The summed E-state index contributed by atoms with van der Waals surface area (Å²) in [5, 5.41) is 0. The molecule has 0 heterocycles. The van der Waals surface area contributed by atoms with E-state index in [0.29, 0.717) is 0 Å². The van der Waals surface area contributed by atoms with Crippen LogP contribution >= 0.6 is 0 Å². The molecule has 0 rings (SSSR count). The van der Waals surface area contributed by atoms with Crippen molar-refractivity contribution in [2.45, 2.75) is 104 Å². The fraction of sp³-hybridized carbons (Fsp3) is 0.889. The Morgan fingerprint density at radius 1 is 0.800 bits per heavy atom. The summed E-state index contributed by atoms with van der Waals surface area (Å²) in [4.78, 5) is 0. The van der Waals surface area contributed by atoms with Crippen molar-refractivity contribution in [3.05, 3.63) is 0 Å². The average molecular weight is 270 g/mol. The first kappa shape index (κ1) is 22.5. The van der Waals surface area contributed by atoms with Crippen molar-refractivity contribution in [1.82, 2.24) is 0 Å². The van der Waals surface area contributed by atoms with E-state index in [1.165, 1.54) is 32.1 Å². The van der Waals surface area contributed by atoms with Crippen LogP contribution in [0.15, 0.2) is 0 Å². The van der Waals surface area contributed by atoms with Crippen molar-refractivity contribution in [3.8, 4) is 11.7 Å². The number of unbranched alkanes of at least 4 members (excludes halogenated alkanes) is 2. The Morgan fingerprint density at radius 2 is 1.20 bits per heavy atom. The zero-order chi connectivity index (χ0) is 14.9. The third-order valence-corrected chi connectivity index (χ3v) is 5.76. The molecule has 0 bridgehead atoms. The summed E-state index contributed by atoms with van der Waals surface area (Å²) in [6.07, 6.45) is 6.81. The van der Waals surface area contributed by atoms with Crippen molar-refractivity contribution in [1.29, 1.82) is 0 Å². The minimum absolute atomic E-state index is 0. The molecule has 0 spiro atoms. The first-order valence-corrected chi connectivity index (χ1v) is 8.68. The summed E-state index contributed by atoms with van der Waals surface area (Å²) in [7, 11) is 0. The molecule has 3 unspecified atom stereocenters. The van der Waals surface area contributed by atoms with Crippen LogP contribution in [-0.4, -0.2) is 6.15 Å². The van der Waals surface area contributed by atoms with Crippen molar-refractivity contribution in [3.63, 3.8) is 0 Å². The van der Waals surface area contributed by atoms with E-state index in [-0.39, 0.29) is 18.9 Å². The molecule has 0 aromatic heterocycles. The molecule has 0 aliphatic heterocycles. The summed E-state index contributed by atoms with van der Waals surface area (Å²) < 4.78 is 0. The Balaban J connectivity index is 0. The predicted molar refractivity (Wildman–Crippen MR) is 92.2 cm³/mol. The van der Waals surface area contributed by atoms with Gasteiger partial charge in [0.25, 0.3) is 0 Å². The predicted octanol–water partition coefficient (Wildman–Crippen LogP) is 3.57. The molecule has 0 saturated carbocycles. The van der Waals surface area contributed by atoms with Crippen molar-refractivity contribution >= 4 is 6.15 Å². The molecule has 0 nitrogen and oxygen atoms in total. The first-order chi connectivity index (χ1) is 9.00. The molecule has 0 N–H and O–H groups in total. The minimum Gasteiger partial charge on any atom is -0.314 e. The third-order valence-electron chi connectivity index (χ3n) is 5.76. The van der Waals surface area contributed by atoms with E-state index in [0.717, 1.165) is 23.9 Å². The summed E-state index contributed by atoms with van der Waals surface area (Å²) in [5.74, 6) is 9.63. The first-order valence-electron chi connectivity index (χ1n) is 8.68. The van der Waals surface area contributed by atoms with Crippen LogP contribution in [-0.2, 0) is 0 Å². The number of hydrogen-bond acceptors (Lipinski definition) is 0. The molecule has 0 aromatic rings. The van der Waals surface area contributed by atoms with Crippen molar-refractivity contribution < 1.29 is 18.9 Å². The maximum absolute atomic E-state index is 3.83. The van der Waals surface area contributed by atoms with E-state index >= 15 is 0 Å². The molecule has 0 aliphatic rings. The minimum atomic E-state index is -0.565. The van der Waals surface area contributed by atoms with Crippen LogP contribution in [0.2, 0.25) is 17.5 Å². The summed E-state index contributed by atoms with van der Waals surface area (Å²) >= 11 is 0. The molecule has 2 heteroatoms. The van der Waals surface area contributed by atoms with E-state index < -0.39 is 6.15 Å². The Hall–Kier alpha value is 0.222. The Morgan fingerprint density at radius 3 is 1.50 bits per heavy atom. The number of rotatable bonds is 8. The summed E-state index contributed by atoms with van der Waals surface area (Å²) in [6, 6.07) is 0. The van der Waals surface area contributed by atoms with Gasteiger partial charge in [0.15, 0.2) is 0 Å². The van der Waals surface area contributed by atoms with Crippen LogP contribution in [0.1, 0.15) is 87.0 Å². The smallest absolute Gasteiger partial charge is 0.314 e. The van der Waals surface area contributed by atoms with Crippen LogP contribution < -0.4 is 18.9 Å². The molecule has 20 heavy (non-hydrogen) atoms. The van der Waals surface area contributed by atoms with E-state index in [2.05, 4.69) is 60.2 Å². The van der Waals surface area contributed by atoms with E-state index in [4.69, 9.17) is 0 Å². The van der Waals surface area contributed by atoms with Gasteiger partial charge in [-0.2, -0.15) is 23.4 Å². The summed E-state index contributed by atoms with van der Waals surface area (Å²) in [6.45, 7) is 16.6. The fourth-order valence-corrected chi connectivity index (χ4v) is 3.79. The Labute approximate surface area is 141 Å². The average Bonchev–Trinajstić information content (AvgIpc) is 2.45. The van der Waals surface area contributed by atoms with E-state index in [9.17, 15) is 0 Å². The monoisotopic (exact) mass is 270 g/mol. The Bertz CT molecular complexity index is 263. The zero-order valence-corrected chi connectivity index (χ0v) is 15.6. The van der Waals surface area contributed by atoms with Crippen molar-refractivity contribution in [2.75, 3.05) is 0 Å². The molecule has 0 radical (unpaired) electrons. The van der Waals surface area contributed by atoms with Gasteiger partial charge in [0.1, 0.15) is 0 Å². The van der Waals surface area contributed by atoms with Gasteiger partial charge in [-0.05, 0) is 6.42 Å². The van der Waals surface area contributed by atoms with Gasteiger partial charge in [0, 0.05) is 6.42 Å². The van der Waals surface area contributed by atoms with Gasteiger partial charge >= 0.3 is 18.9 Å². The molecule has 0 amide bonds. The van der Waals surface area contributed by atoms with E-state index in [1.807, 2.05) is 0 Å². The van der Waals surface area contributed by atoms with Gasteiger partial charge in [0.2, 0.25) is 0 Å². The number of hydrogen-bond donors (Lipinski definition) is 0. The van der Waals surface area contributed by atoms with Gasteiger partial charge in [-0.15, -0.1) is 0 Å². The molecule has 0 aliphatic carbocycles. The zero-order valence-electron chi connectivity index (χ0n) is 15.6. The van der Waals surface area contributed by atoms with Gasteiger partial charge in [-0.1, -0.05) is 74.1 Å². The molecule has 112 valence electrons. The molecule has 0 aromatic carbocycles. The second-order valence-electron chi connectivity index (χ2n) is 6.66. The molecule has 0 saturated heterocycles. The molecular formula is C18H36BLi. The Kier molecular flexibility index (Phi) is 13.3. The van der Waals surface area contributed by atoms with Crippen LogP contribution in [0, 0.1) is 11.7 Å². The second kappa shape index (κ2) is 11.8. The molecular weight excluding hydrogens is 234 g/mol. The van der Waals surface area contributed by atoms with Crippen LogP contribution in [0.5, 0.6) is 0 Å². The second-order valence-corrected chi connectivity index (χ2v) is 6.66. The summed E-state index contributed by atoms with van der Waals surface area (Å²) in [5.41, 5.74) is 0. The molecule has 0 fully saturated rings. The third kappa shape index (κ3) is 5.54. The topological polar surface area (TPSA) is 0 Å². The van der Waals surface area contributed by atoms with Crippen LogP contribution in [0.3, 0.4) is 0 Å². The quantitative estimate of drug-likeness (QED) is 0.359.